The highest BCUT2D eigenvalue weighted by atomic mass is 19.4. The quantitative estimate of drug-likeness (QED) is 0.901. The molecule has 1 amide bonds. The summed E-state index contributed by atoms with van der Waals surface area (Å²) in [6.45, 7) is 0.336. The topological polar surface area (TPSA) is 35.6 Å². The van der Waals surface area contributed by atoms with Crippen LogP contribution in [0.3, 0.4) is 0 Å². The smallest absolute Gasteiger partial charge is 0.378 e. The molecule has 0 spiro atoms. The number of amides is 1. The molecule has 1 unspecified atom stereocenters. The Hall–Kier alpha value is -1.76. The zero-order valence-electron chi connectivity index (χ0n) is 13.4. The highest BCUT2D eigenvalue weighted by Crippen LogP contribution is 2.22. The van der Waals surface area contributed by atoms with Gasteiger partial charge in [0, 0.05) is 38.4 Å². The van der Waals surface area contributed by atoms with E-state index in [1.165, 1.54) is 4.90 Å². The van der Waals surface area contributed by atoms with E-state index in [-0.39, 0.29) is 11.8 Å². The van der Waals surface area contributed by atoms with Crippen LogP contribution in [0.15, 0.2) is 24.3 Å². The molecule has 0 bridgehead atoms. The van der Waals surface area contributed by atoms with E-state index in [1.54, 1.807) is 12.1 Å². The molecule has 128 valence electrons. The number of anilines is 1. The lowest BCUT2D eigenvalue weighted by molar-refractivity contribution is -0.143. The van der Waals surface area contributed by atoms with Gasteiger partial charge >= 0.3 is 6.18 Å². The van der Waals surface area contributed by atoms with Crippen LogP contribution in [-0.4, -0.2) is 57.3 Å². The first-order chi connectivity index (χ1) is 10.7. The van der Waals surface area contributed by atoms with Gasteiger partial charge in [-0.15, -0.1) is 0 Å². The largest absolute Gasteiger partial charge is 0.401 e. The van der Waals surface area contributed by atoms with E-state index in [0.717, 1.165) is 5.69 Å². The number of likely N-dealkylation sites (tertiary alicyclic amines) is 1. The maximum atomic E-state index is 12.3. The normalized spacial score (nSPS) is 18.9. The lowest BCUT2D eigenvalue weighted by Gasteiger charge is -2.18. The molecule has 4 nitrogen and oxygen atoms in total. The van der Waals surface area contributed by atoms with Crippen LogP contribution in [0.5, 0.6) is 0 Å². The van der Waals surface area contributed by atoms with E-state index in [9.17, 15) is 18.0 Å². The number of nitrogens with one attached hydrogen (secondary N) is 1. The summed E-state index contributed by atoms with van der Waals surface area (Å²) >= 11 is 0. The summed E-state index contributed by atoms with van der Waals surface area (Å²) in [7, 11) is 3.84. The Morgan fingerprint density at radius 2 is 1.96 bits per heavy atom. The molecule has 0 aliphatic carbocycles. The summed E-state index contributed by atoms with van der Waals surface area (Å²) < 4.78 is 37.0. The van der Waals surface area contributed by atoms with Crippen molar-refractivity contribution in [3.05, 3.63) is 29.8 Å². The second-order valence-corrected chi connectivity index (χ2v) is 6.16. The van der Waals surface area contributed by atoms with Crippen molar-refractivity contribution >= 4 is 11.6 Å². The molecule has 1 aromatic carbocycles. The van der Waals surface area contributed by atoms with Gasteiger partial charge in [0.1, 0.15) is 0 Å². The van der Waals surface area contributed by atoms with E-state index in [4.69, 9.17) is 0 Å². The molecular weight excluding hydrogens is 307 g/mol. The average Bonchev–Trinajstić information content (AvgIpc) is 2.90. The van der Waals surface area contributed by atoms with Crippen LogP contribution in [0, 0.1) is 5.92 Å². The minimum Gasteiger partial charge on any atom is -0.378 e. The minimum absolute atomic E-state index is 0.0716. The van der Waals surface area contributed by atoms with Crippen LogP contribution in [0.2, 0.25) is 0 Å². The molecule has 1 N–H and O–H groups in total. The molecule has 1 aromatic rings. The summed E-state index contributed by atoms with van der Waals surface area (Å²) in [5, 5.41) is 2.81. The molecule has 23 heavy (non-hydrogen) atoms. The lowest BCUT2D eigenvalue weighted by atomic mass is 10.1. The Kier molecular flexibility index (Phi) is 5.51. The fourth-order valence-electron chi connectivity index (χ4n) is 2.73. The molecule has 1 atom stereocenters. The van der Waals surface area contributed by atoms with Gasteiger partial charge in [0.15, 0.2) is 0 Å². The number of alkyl halides is 3. The van der Waals surface area contributed by atoms with Gasteiger partial charge in [0.2, 0.25) is 0 Å². The third-order valence-corrected chi connectivity index (χ3v) is 3.97. The third kappa shape index (κ3) is 5.42. The summed E-state index contributed by atoms with van der Waals surface area (Å²) in [5.41, 5.74) is 1.56. The first-order valence-electron chi connectivity index (χ1n) is 7.59. The summed E-state index contributed by atoms with van der Waals surface area (Å²) in [5.74, 6) is -0.119. The molecule has 1 aliphatic rings. The zero-order valence-corrected chi connectivity index (χ0v) is 13.4. The third-order valence-electron chi connectivity index (χ3n) is 3.97. The maximum absolute atomic E-state index is 12.3. The predicted octanol–water partition coefficient (Wildman–Crippen LogP) is 2.37. The Bertz CT molecular complexity index is 528. The maximum Gasteiger partial charge on any atom is 0.401 e. The number of halogens is 3. The number of benzene rings is 1. The van der Waals surface area contributed by atoms with Crippen LogP contribution in [0.1, 0.15) is 16.8 Å². The van der Waals surface area contributed by atoms with Crippen molar-refractivity contribution in [1.29, 1.82) is 0 Å². The second-order valence-electron chi connectivity index (χ2n) is 6.16. The van der Waals surface area contributed by atoms with E-state index in [0.29, 0.717) is 31.6 Å². The molecular formula is C16H22F3N3O. The first kappa shape index (κ1) is 17.6. The molecule has 1 heterocycles. The van der Waals surface area contributed by atoms with Crippen LogP contribution < -0.4 is 10.2 Å². The Labute approximate surface area is 134 Å². The van der Waals surface area contributed by atoms with E-state index >= 15 is 0 Å². The molecule has 1 saturated heterocycles. The van der Waals surface area contributed by atoms with Crippen LogP contribution >= 0.6 is 0 Å². The number of nitrogens with zero attached hydrogens (tertiary/aromatic N) is 2. The van der Waals surface area contributed by atoms with Gasteiger partial charge in [-0.1, -0.05) is 0 Å². The standard InChI is InChI=1S/C16H22F3N3O/c1-21(2)14-5-3-13(4-6-14)15(23)20-9-12-7-8-22(10-12)11-16(17,18)19/h3-6,12H,7-11H2,1-2H3,(H,20,23). The highest BCUT2D eigenvalue weighted by molar-refractivity contribution is 5.94. The van der Waals surface area contributed by atoms with Gasteiger partial charge in [-0.25, -0.2) is 0 Å². The van der Waals surface area contributed by atoms with Crippen LogP contribution in [0.4, 0.5) is 18.9 Å². The second kappa shape index (κ2) is 7.21. The molecule has 0 saturated carbocycles. The molecule has 0 aromatic heterocycles. The number of hydrogen-bond donors (Lipinski definition) is 1. The number of rotatable bonds is 5. The van der Waals surface area contributed by atoms with Gasteiger partial charge in [0.05, 0.1) is 6.54 Å². The highest BCUT2D eigenvalue weighted by Gasteiger charge is 2.34. The van der Waals surface area contributed by atoms with E-state index in [1.807, 2.05) is 31.1 Å². The van der Waals surface area contributed by atoms with Crippen molar-refractivity contribution < 1.29 is 18.0 Å². The van der Waals surface area contributed by atoms with Crippen molar-refractivity contribution in [1.82, 2.24) is 10.2 Å². The van der Waals surface area contributed by atoms with Gasteiger partial charge in [0.25, 0.3) is 5.91 Å². The summed E-state index contributed by atoms with van der Waals surface area (Å²) in [6.07, 6.45) is -3.48. The lowest BCUT2D eigenvalue weighted by Crippen LogP contribution is -2.34. The van der Waals surface area contributed by atoms with Crippen molar-refractivity contribution in [3.8, 4) is 0 Å². The monoisotopic (exact) mass is 329 g/mol. The Morgan fingerprint density at radius 1 is 1.30 bits per heavy atom. The van der Waals surface area contributed by atoms with E-state index < -0.39 is 12.7 Å². The minimum atomic E-state index is -4.16. The molecule has 1 fully saturated rings. The summed E-state index contributed by atoms with van der Waals surface area (Å²) in [4.78, 5) is 15.4. The first-order valence-corrected chi connectivity index (χ1v) is 7.59. The van der Waals surface area contributed by atoms with Crippen molar-refractivity contribution in [2.75, 3.05) is 45.2 Å². The molecule has 1 aliphatic heterocycles. The number of carbonyl (C=O) groups excluding carboxylic acids is 1. The van der Waals surface area contributed by atoms with E-state index in [2.05, 4.69) is 5.32 Å². The van der Waals surface area contributed by atoms with Crippen molar-refractivity contribution in [2.45, 2.75) is 12.6 Å². The number of hydrogen-bond acceptors (Lipinski definition) is 3. The molecule has 2 rings (SSSR count). The SMILES string of the molecule is CN(C)c1ccc(C(=O)NCC2CCN(CC(F)(F)F)C2)cc1. The number of carbonyl (C=O) groups is 1. The predicted molar refractivity (Wildman–Crippen MR) is 83.7 cm³/mol. The van der Waals surface area contributed by atoms with Crippen LogP contribution in [-0.2, 0) is 0 Å². The Balaban J connectivity index is 1.79. The molecule has 7 heteroatoms. The van der Waals surface area contributed by atoms with Gasteiger partial charge in [-0.3, -0.25) is 9.69 Å². The Morgan fingerprint density at radius 3 is 2.52 bits per heavy atom. The average molecular weight is 329 g/mol. The fraction of sp³-hybridized carbons (Fsp3) is 0.562. The van der Waals surface area contributed by atoms with Crippen LogP contribution in [0.25, 0.3) is 0 Å². The van der Waals surface area contributed by atoms with Gasteiger partial charge in [-0.05, 0) is 43.1 Å². The zero-order chi connectivity index (χ0) is 17.0. The van der Waals surface area contributed by atoms with Gasteiger partial charge < -0.3 is 10.2 Å². The fourth-order valence-corrected chi connectivity index (χ4v) is 2.73. The van der Waals surface area contributed by atoms with Crippen molar-refractivity contribution in [2.24, 2.45) is 5.92 Å². The molecule has 0 radical (unpaired) electrons. The van der Waals surface area contributed by atoms with Crippen molar-refractivity contribution in [3.63, 3.8) is 0 Å². The summed E-state index contributed by atoms with van der Waals surface area (Å²) in [6, 6.07) is 7.20. The van der Waals surface area contributed by atoms with Gasteiger partial charge in [-0.2, -0.15) is 13.2 Å².